The van der Waals surface area contributed by atoms with Crippen LogP contribution < -0.4 is 4.90 Å². The Bertz CT molecular complexity index is 658. The van der Waals surface area contributed by atoms with E-state index in [1.807, 2.05) is 13.8 Å². The van der Waals surface area contributed by atoms with Crippen molar-refractivity contribution in [3.63, 3.8) is 0 Å². The molecule has 0 radical (unpaired) electrons. The number of pyridine rings is 1. The summed E-state index contributed by atoms with van der Waals surface area (Å²) < 4.78 is 14.0. The molecule has 21 heavy (non-hydrogen) atoms. The summed E-state index contributed by atoms with van der Waals surface area (Å²) in [6, 6.07) is 9.39. The predicted molar refractivity (Wildman–Crippen MR) is 79.7 cm³/mol. The normalized spacial score (nSPS) is 10.4. The molecule has 0 atom stereocenters. The Morgan fingerprint density at radius 1 is 1.29 bits per heavy atom. The van der Waals surface area contributed by atoms with Crippen molar-refractivity contribution in [1.29, 1.82) is 0 Å². The lowest BCUT2D eigenvalue weighted by Gasteiger charge is -2.23. The lowest BCUT2D eigenvalue weighted by molar-refractivity contribution is 0.0696. The third-order valence-electron chi connectivity index (χ3n) is 3.21. The Hall–Kier alpha value is -2.43. The molecule has 0 fully saturated rings. The summed E-state index contributed by atoms with van der Waals surface area (Å²) in [5.74, 6) is -0.933. The van der Waals surface area contributed by atoms with E-state index in [2.05, 4.69) is 4.98 Å². The molecule has 0 spiro atoms. The smallest absolute Gasteiger partial charge is 0.335 e. The summed E-state index contributed by atoms with van der Waals surface area (Å²) in [7, 11) is 0. The Morgan fingerprint density at radius 3 is 2.57 bits per heavy atom. The molecule has 5 heteroatoms. The van der Waals surface area contributed by atoms with Crippen LogP contribution in [0, 0.1) is 5.82 Å². The largest absolute Gasteiger partial charge is 0.478 e. The molecular formula is C16H17FN2O2. The third kappa shape index (κ3) is 3.18. The Kier molecular flexibility index (Phi) is 4.52. The van der Waals surface area contributed by atoms with E-state index in [-0.39, 0.29) is 11.4 Å². The van der Waals surface area contributed by atoms with Crippen molar-refractivity contribution in [3.05, 3.63) is 53.5 Å². The Balaban J connectivity index is 2.54. The van der Waals surface area contributed by atoms with E-state index in [1.54, 1.807) is 29.2 Å². The zero-order valence-electron chi connectivity index (χ0n) is 12.0. The van der Waals surface area contributed by atoms with Crippen LogP contribution in [0.25, 0.3) is 0 Å². The van der Waals surface area contributed by atoms with Crippen molar-refractivity contribution in [3.8, 4) is 0 Å². The Morgan fingerprint density at radius 2 is 2.00 bits per heavy atom. The van der Waals surface area contributed by atoms with Crippen molar-refractivity contribution < 1.29 is 14.3 Å². The maximum Gasteiger partial charge on any atom is 0.335 e. The molecule has 0 unspecified atom stereocenters. The first kappa shape index (κ1) is 15.0. The second-order valence-corrected chi connectivity index (χ2v) is 4.56. The van der Waals surface area contributed by atoms with Gasteiger partial charge >= 0.3 is 5.97 Å². The molecule has 4 nitrogen and oxygen atoms in total. The molecule has 1 aromatic carbocycles. The number of hydrogen-bond donors (Lipinski definition) is 1. The number of para-hydroxylation sites is 1. The summed E-state index contributed by atoms with van der Waals surface area (Å²) in [6.45, 7) is 4.25. The number of benzene rings is 1. The van der Waals surface area contributed by atoms with Gasteiger partial charge in [-0.3, -0.25) is 0 Å². The van der Waals surface area contributed by atoms with Gasteiger partial charge < -0.3 is 10.0 Å². The minimum absolute atomic E-state index is 0.159. The van der Waals surface area contributed by atoms with Gasteiger partial charge in [0.05, 0.1) is 11.3 Å². The van der Waals surface area contributed by atoms with Crippen LogP contribution in [0.15, 0.2) is 36.4 Å². The average Bonchev–Trinajstić information content (AvgIpc) is 2.49. The van der Waals surface area contributed by atoms with E-state index < -0.39 is 5.97 Å². The molecule has 1 N–H and O–H groups in total. The molecular weight excluding hydrogens is 271 g/mol. The minimum atomic E-state index is -1.02. The molecule has 2 aromatic rings. The lowest BCUT2D eigenvalue weighted by Crippen LogP contribution is -2.20. The number of aryl methyl sites for hydroxylation is 1. The van der Waals surface area contributed by atoms with Crippen LogP contribution >= 0.6 is 0 Å². The van der Waals surface area contributed by atoms with Gasteiger partial charge in [-0.1, -0.05) is 19.1 Å². The molecule has 0 aliphatic carbocycles. The molecule has 0 bridgehead atoms. The first-order valence-electron chi connectivity index (χ1n) is 6.83. The standard InChI is InChI=1S/C16H17FN2O2/c1-3-12-9-11(16(20)21)10-15(18-12)19(4-2)14-8-6-5-7-13(14)17/h5-10H,3-4H2,1-2H3,(H,20,21). The van der Waals surface area contributed by atoms with Gasteiger partial charge in [-0.25, -0.2) is 14.2 Å². The second kappa shape index (κ2) is 6.35. The number of rotatable bonds is 5. The fraction of sp³-hybridized carbons (Fsp3) is 0.250. The number of nitrogens with zero attached hydrogens (tertiary/aromatic N) is 2. The maximum absolute atomic E-state index is 14.0. The van der Waals surface area contributed by atoms with Crippen LogP contribution in [0.4, 0.5) is 15.9 Å². The molecule has 110 valence electrons. The number of anilines is 2. The minimum Gasteiger partial charge on any atom is -0.478 e. The van der Waals surface area contributed by atoms with E-state index in [0.717, 1.165) is 0 Å². The van der Waals surface area contributed by atoms with Gasteiger partial charge in [0.15, 0.2) is 0 Å². The van der Waals surface area contributed by atoms with Crippen LogP contribution in [0.5, 0.6) is 0 Å². The van der Waals surface area contributed by atoms with Crippen LogP contribution in [0.2, 0.25) is 0 Å². The third-order valence-corrected chi connectivity index (χ3v) is 3.21. The van der Waals surface area contributed by atoms with Crippen molar-refractivity contribution in [2.45, 2.75) is 20.3 Å². The van der Waals surface area contributed by atoms with Gasteiger partial charge in [-0.2, -0.15) is 0 Å². The van der Waals surface area contributed by atoms with Gasteiger partial charge in [0.2, 0.25) is 0 Å². The maximum atomic E-state index is 14.0. The fourth-order valence-corrected chi connectivity index (χ4v) is 2.14. The van der Waals surface area contributed by atoms with Crippen molar-refractivity contribution in [2.24, 2.45) is 0 Å². The molecule has 0 aliphatic rings. The number of carboxylic acid groups (broad SMARTS) is 1. The van der Waals surface area contributed by atoms with Crippen molar-refractivity contribution >= 4 is 17.5 Å². The van der Waals surface area contributed by atoms with Gasteiger partial charge in [-0.05, 0) is 37.6 Å². The number of carbonyl (C=O) groups is 1. The highest BCUT2D eigenvalue weighted by atomic mass is 19.1. The van der Waals surface area contributed by atoms with Gasteiger partial charge in [0.1, 0.15) is 11.6 Å². The highest BCUT2D eigenvalue weighted by Crippen LogP contribution is 2.27. The molecule has 0 aliphatic heterocycles. The average molecular weight is 288 g/mol. The van der Waals surface area contributed by atoms with Gasteiger partial charge in [0, 0.05) is 12.2 Å². The summed E-state index contributed by atoms with van der Waals surface area (Å²) in [4.78, 5) is 17.3. The fourth-order valence-electron chi connectivity index (χ4n) is 2.14. The summed E-state index contributed by atoms with van der Waals surface area (Å²) in [5, 5.41) is 9.19. The molecule has 1 heterocycles. The van der Waals surface area contributed by atoms with Crippen LogP contribution in [0.1, 0.15) is 29.9 Å². The van der Waals surface area contributed by atoms with E-state index in [0.29, 0.717) is 30.2 Å². The summed E-state index contributed by atoms with van der Waals surface area (Å²) >= 11 is 0. The molecule has 0 saturated carbocycles. The molecule has 2 rings (SSSR count). The molecule has 1 aromatic heterocycles. The van der Waals surface area contributed by atoms with Crippen LogP contribution in [-0.4, -0.2) is 22.6 Å². The first-order valence-corrected chi connectivity index (χ1v) is 6.83. The second-order valence-electron chi connectivity index (χ2n) is 4.56. The summed E-state index contributed by atoms with van der Waals surface area (Å²) in [5.41, 5.74) is 1.21. The topological polar surface area (TPSA) is 53.4 Å². The zero-order chi connectivity index (χ0) is 15.4. The number of hydrogen-bond acceptors (Lipinski definition) is 3. The van der Waals surface area contributed by atoms with Crippen LogP contribution in [-0.2, 0) is 6.42 Å². The Labute approximate surface area is 122 Å². The van der Waals surface area contributed by atoms with Crippen molar-refractivity contribution in [2.75, 3.05) is 11.4 Å². The highest BCUT2D eigenvalue weighted by Gasteiger charge is 2.16. The van der Waals surface area contributed by atoms with E-state index in [9.17, 15) is 14.3 Å². The quantitative estimate of drug-likeness (QED) is 0.912. The zero-order valence-corrected chi connectivity index (χ0v) is 12.0. The number of halogens is 1. The van der Waals surface area contributed by atoms with E-state index in [4.69, 9.17) is 0 Å². The number of carboxylic acids is 1. The van der Waals surface area contributed by atoms with Crippen molar-refractivity contribution in [1.82, 2.24) is 4.98 Å². The number of aromatic nitrogens is 1. The summed E-state index contributed by atoms with van der Waals surface area (Å²) in [6.07, 6.45) is 0.614. The van der Waals surface area contributed by atoms with Crippen LogP contribution in [0.3, 0.4) is 0 Å². The SMILES string of the molecule is CCc1cc(C(=O)O)cc(N(CC)c2ccccc2F)n1. The molecule has 0 saturated heterocycles. The molecule has 0 amide bonds. The number of aromatic carboxylic acids is 1. The monoisotopic (exact) mass is 288 g/mol. The highest BCUT2D eigenvalue weighted by molar-refractivity contribution is 5.89. The van der Waals surface area contributed by atoms with Gasteiger partial charge in [0.25, 0.3) is 0 Å². The first-order chi connectivity index (χ1) is 10.1. The van der Waals surface area contributed by atoms with Gasteiger partial charge in [-0.15, -0.1) is 0 Å². The van der Waals surface area contributed by atoms with E-state index >= 15 is 0 Å². The van der Waals surface area contributed by atoms with E-state index in [1.165, 1.54) is 12.1 Å². The predicted octanol–water partition coefficient (Wildman–Crippen LogP) is 3.64. The lowest BCUT2D eigenvalue weighted by atomic mass is 10.2.